The first kappa shape index (κ1) is 28.1. The molecule has 5 heteroatoms. The Balaban J connectivity index is 1.30. The monoisotopic (exact) mass is 526 g/mol. The predicted octanol–water partition coefficient (Wildman–Crippen LogP) is 6.72. The number of allylic oxidation sites excluding steroid dienone is 1. The number of ether oxygens (including phenoxy) is 2. The van der Waals surface area contributed by atoms with Crippen LogP contribution in [0.4, 0.5) is 0 Å². The Labute approximate surface area is 229 Å². The molecule has 0 aromatic heterocycles. The molecule has 10 unspecified atom stereocenters. The molecule has 4 saturated carbocycles. The van der Waals surface area contributed by atoms with E-state index in [0.29, 0.717) is 41.3 Å². The van der Waals surface area contributed by atoms with Crippen molar-refractivity contribution in [2.45, 2.75) is 123 Å². The summed E-state index contributed by atoms with van der Waals surface area (Å²) in [6.45, 7) is 11.9. The van der Waals surface area contributed by atoms with Gasteiger partial charge in [0.1, 0.15) is 24.8 Å². The van der Waals surface area contributed by atoms with Crippen molar-refractivity contribution in [3.8, 4) is 0 Å². The topological polar surface area (TPSA) is 69.7 Å². The van der Waals surface area contributed by atoms with Gasteiger partial charge in [0.05, 0.1) is 5.60 Å². The number of hydrogen-bond donors (Lipinski definition) is 0. The first-order valence-corrected chi connectivity index (χ1v) is 15.6. The highest BCUT2D eigenvalue weighted by molar-refractivity contribution is 5.86. The molecule has 0 aromatic carbocycles. The number of carbonyl (C=O) groups excluding carboxylic acids is 3. The van der Waals surface area contributed by atoms with Gasteiger partial charge in [0.2, 0.25) is 0 Å². The highest BCUT2D eigenvalue weighted by Crippen LogP contribution is 2.81. The Hall–Kier alpha value is -1.49. The van der Waals surface area contributed by atoms with Gasteiger partial charge in [0, 0.05) is 17.4 Å². The first-order chi connectivity index (χ1) is 18.2. The van der Waals surface area contributed by atoms with Crippen molar-refractivity contribution >= 4 is 18.5 Å². The van der Waals surface area contributed by atoms with Crippen LogP contribution in [0.25, 0.3) is 0 Å². The van der Waals surface area contributed by atoms with Gasteiger partial charge in [-0.05, 0) is 98.4 Å². The van der Waals surface area contributed by atoms with E-state index < -0.39 is 5.97 Å². The minimum Gasteiger partial charge on any atom is -0.459 e. The molecule has 5 fully saturated rings. The molecule has 0 amide bonds. The Bertz CT molecular complexity index is 942. The van der Waals surface area contributed by atoms with Gasteiger partial charge in [-0.2, -0.15) is 0 Å². The molecule has 1 heterocycles. The van der Waals surface area contributed by atoms with Gasteiger partial charge in [-0.1, -0.05) is 53.9 Å². The maximum Gasteiger partial charge on any atom is 0.331 e. The molecule has 5 rings (SSSR count). The van der Waals surface area contributed by atoms with Gasteiger partial charge in [-0.3, -0.25) is 4.79 Å². The second-order valence-electron chi connectivity index (χ2n) is 14.3. The van der Waals surface area contributed by atoms with E-state index in [0.717, 1.165) is 37.4 Å². The van der Waals surface area contributed by atoms with Crippen molar-refractivity contribution in [2.75, 3.05) is 0 Å². The van der Waals surface area contributed by atoms with Crippen LogP contribution >= 0.6 is 0 Å². The molecular formula is C33H50O5. The summed E-state index contributed by atoms with van der Waals surface area (Å²) in [5.74, 6) is 3.32. The Morgan fingerprint density at radius 1 is 1.05 bits per heavy atom. The molecule has 1 aliphatic heterocycles. The van der Waals surface area contributed by atoms with Crippen LogP contribution in [0.15, 0.2) is 12.2 Å². The zero-order valence-electron chi connectivity index (χ0n) is 24.3. The molecule has 212 valence electrons. The lowest BCUT2D eigenvalue weighted by Gasteiger charge is -2.48. The zero-order valence-corrected chi connectivity index (χ0v) is 24.3. The molecule has 2 spiro atoms. The number of rotatable bonds is 9. The average Bonchev–Trinajstić information content (AvgIpc) is 3.12. The van der Waals surface area contributed by atoms with E-state index in [4.69, 9.17) is 9.47 Å². The lowest BCUT2D eigenvalue weighted by Crippen LogP contribution is -2.46. The summed E-state index contributed by atoms with van der Waals surface area (Å²) in [4.78, 5) is 35.2. The van der Waals surface area contributed by atoms with Gasteiger partial charge < -0.3 is 14.3 Å². The van der Waals surface area contributed by atoms with Crippen molar-refractivity contribution in [1.29, 1.82) is 0 Å². The highest BCUT2D eigenvalue weighted by Gasteiger charge is 2.84. The SMILES string of the molecule is CC(C)CCCCC1CCC2C3C(C=O)OC4(C3CCC12C)[C@H](C)C41CCC(OC(=O)/C=C/C=O)CC1C. The van der Waals surface area contributed by atoms with E-state index in [1.807, 2.05) is 0 Å². The number of carbonyl (C=O) groups is 3. The van der Waals surface area contributed by atoms with E-state index in [-0.39, 0.29) is 23.2 Å². The smallest absolute Gasteiger partial charge is 0.331 e. The average molecular weight is 527 g/mol. The fourth-order valence-electron chi connectivity index (χ4n) is 10.8. The van der Waals surface area contributed by atoms with Crippen LogP contribution in [-0.4, -0.2) is 36.4 Å². The summed E-state index contributed by atoms with van der Waals surface area (Å²) in [5.41, 5.74) is 0.205. The summed E-state index contributed by atoms with van der Waals surface area (Å²) in [5, 5.41) is 0. The summed E-state index contributed by atoms with van der Waals surface area (Å²) in [6, 6.07) is 0. The van der Waals surface area contributed by atoms with Crippen LogP contribution in [0, 0.1) is 52.3 Å². The van der Waals surface area contributed by atoms with Crippen molar-refractivity contribution < 1.29 is 23.9 Å². The minimum absolute atomic E-state index is 0.0673. The maximum atomic E-state index is 12.5. The molecule has 0 radical (unpaired) electrons. The molecule has 0 N–H and O–H groups in total. The van der Waals surface area contributed by atoms with Crippen LogP contribution in [0.3, 0.4) is 0 Å². The predicted molar refractivity (Wildman–Crippen MR) is 147 cm³/mol. The van der Waals surface area contributed by atoms with Crippen molar-refractivity contribution in [3.05, 3.63) is 12.2 Å². The third-order valence-electron chi connectivity index (χ3n) is 12.5. The molecule has 11 atom stereocenters. The lowest BCUT2D eigenvalue weighted by atomic mass is 9.55. The summed E-state index contributed by atoms with van der Waals surface area (Å²) < 4.78 is 12.7. The first-order valence-electron chi connectivity index (χ1n) is 15.6. The molecule has 5 aliphatic rings. The molecule has 38 heavy (non-hydrogen) atoms. The van der Waals surface area contributed by atoms with E-state index >= 15 is 0 Å². The Morgan fingerprint density at radius 2 is 1.84 bits per heavy atom. The van der Waals surface area contributed by atoms with Crippen LogP contribution in [-0.2, 0) is 23.9 Å². The van der Waals surface area contributed by atoms with Crippen LogP contribution in [0.1, 0.15) is 105 Å². The number of aldehydes is 2. The van der Waals surface area contributed by atoms with Gasteiger partial charge in [-0.15, -0.1) is 0 Å². The molecule has 5 nitrogen and oxygen atoms in total. The molecule has 0 aromatic rings. The molecular weight excluding hydrogens is 476 g/mol. The van der Waals surface area contributed by atoms with Crippen molar-refractivity contribution in [2.24, 2.45) is 52.3 Å². The number of unbranched alkanes of at least 4 members (excludes halogenated alkanes) is 1. The van der Waals surface area contributed by atoms with Crippen molar-refractivity contribution in [1.82, 2.24) is 0 Å². The summed E-state index contributed by atoms with van der Waals surface area (Å²) in [6.07, 6.45) is 16.7. The standard InChI is InChI=1S/C33H50O5/c1-21(2)9-6-7-10-24-12-13-26-30-27(15-16-31(24,26)5)33(38-28(30)20-35)23(4)32(33)17-14-25(19-22(32)3)37-29(36)11-8-18-34/h8,11,18,20-28,30H,6-7,9-10,12-17,19H2,1-5H3/b11-8+/t22?,23-,24?,25?,26?,27?,28?,30?,31?,32?,33?/m1/s1. The number of esters is 1. The normalized spacial score (nSPS) is 47.4. The van der Waals surface area contributed by atoms with Gasteiger partial charge in [0.25, 0.3) is 0 Å². The number of fused-ring (bicyclic) bond motifs is 5. The minimum atomic E-state index is -0.437. The van der Waals surface area contributed by atoms with Crippen LogP contribution < -0.4 is 0 Å². The fourth-order valence-corrected chi connectivity index (χ4v) is 10.8. The van der Waals surface area contributed by atoms with E-state index in [9.17, 15) is 14.4 Å². The van der Waals surface area contributed by atoms with Gasteiger partial charge in [0.15, 0.2) is 0 Å². The van der Waals surface area contributed by atoms with Gasteiger partial charge in [-0.25, -0.2) is 4.79 Å². The third-order valence-corrected chi connectivity index (χ3v) is 12.5. The van der Waals surface area contributed by atoms with E-state index in [1.165, 1.54) is 63.5 Å². The van der Waals surface area contributed by atoms with Crippen LogP contribution in [0.5, 0.6) is 0 Å². The van der Waals surface area contributed by atoms with E-state index in [1.54, 1.807) is 0 Å². The quantitative estimate of drug-likeness (QED) is 0.144. The highest BCUT2D eigenvalue weighted by atomic mass is 16.5. The molecule has 4 aliphatic carbocycles. The lowest BCUT2D eigenvalue weighted by molar-refractivity contribution is -0.147. The van der Waals surface area contributed by atoms with Crippen LogP contribution in [0.2, 0.25) is 0 Å². The van der Waals surface area contributed by atoms with Crippen molar-refractivity contribution in [3.63, 3.8) is 0 Å². The zero-order chi connectivity index (χ0) is 27.3. The fraction of sp³-hybridized carbons (Fsp3) is 0.848. The van der Waals surface area contributed by atoms with Gasteiger partial charge >= 0.3 is 5.97 Å². The molecule has 0 bridgehead atoms. The Morgan fingerprint density at radius 3 is 2.53 bits per heavy atom. The Kier molecular flexibility index (Phi) is 7.74. The summed E-state index contributed by atoms with van der Waals surface area (Å²) >= 11 is 0. The maximum absolute atomic E-state index is 12.5. The molecule has 1 saturated heterocycles. The second kappa shape index (κ2) is 10.5. The summed E-state index contributed by atoms with van der Waals surface area (Å²) in [7, 11) is 0. The third kappa shape index (κ3) is 4.16. The van der Waals surface area contributed by atoms with E-state index in [2.05, 4.69) is 34.6 Å². The number of hydrogen-bond acceptors (Lipinski definition) is 5. The largest absolute Gasteiger partial charge is 0.459 e. The second-order valence-corrected chi connectivity index (χ2v) is 14.3.